The number of fused-ring (bicyclic) bond motifs is 1. The van der Waals surface area contributed by atoms with Crippen LogP contribution in [0.3, 0.4) is 0 Å². The molecule has 0 radical (unpaired) electrons. The summed E-state index contributed by atoms with van der Waals surface area (Å²) in [5.41, 5.74) is 5.24. The summed E-state index contributed by atoms with van der Waals surface area (Å²) in [4.78, 5) is 15.7. The molecule has 6 nitrogen and oxygen atoms in total. The van der Waals surface area contributed by atoms with E-state index in [1.807, 2.05) is 31.2 Å². The topological polar surface area (TPSA) is 83.5 Å². The van der Waals surface area contributed by atoms with Crippen molar-refractivity contribution in [2.45, 2.75) is 20.2 Å². The molecular formula is C21H18ClN3O3. The van der Waals surface area contributed by atoms with E-state index in [0.29, 0.717) is 16.3 Å². The highest BCUT2D eigenvalue weighted by molar-refractivity contribution is 6.33. The third-order valence-electron chi connectivity index (χ3n) is 4.57. The normalized spacial score (nSPS) is 14.8. The van der Waals surface area contributed by atoms with Crippen molar-refractivity contribution in [2.75, 3.05) is 10.6 Å². The van der Waals surface area contributed by atoms with Gasteiger partial charge in [0.25, 0.3) is 0 Å². The van der Waals surface area contributed by atoms with E-state index in [0.717, 1.165) is 28.2 Å². The minimum Gasteiger partial charge on any atom is -0.478 e. The molecule has 0 saturated heterocycles. The van der Waals surface area contributed by atoms with E-state index in [2.05, 4.69) is 15.6 Å². The molecule has 142 valence electrons. The molecule has 2 heterocycles. The van der Waals surface area contributed by atoms with Crippen LogP contribution in [0.4, 0.5) is 11.4 Å². The Morgan fingerprint density at radius 1 is 1.11 bits per heavy atom. The van der Waals surface area contributed by atoms with E-state index in [9.17, 15) is 9.90 Å². The first kappa shape index (κ1) is 18.1. The number of ether oxygens (including phenoxy) is 1. The van der Waals surface area contributed by atoms with Gasteiger partial charge in [0, 0.05) is 11.8 Å². The van der Waals surface area contributed by atoms with Gasteiger partial charge < -0.3 is 20.5 Å². The second-order valence-electron chi connectivity index (χ2n) is 6.66. The molecule has 0 amide bonds. The van der Waals surface area contributed by atoms with Crippen LogP contribution >= 0.6 is 11.6 Å². The molecule has 1 atom stereocenters. The Balaban J connectivity index is 1.57. The summed E-state index contributed by atoms with van der Waals surface area (Å²) in [6, 6.07) is 12.6. The van der Waals surface area contributed by atoms with Crippen molar-refractivity contribution in [3.05, 3.63) is 70.4 Å². The molecule has 0 fully saturated rings. The van der Waals surface area contributed by atoms with E-state index in [-0.39, 0.29) is 5.56 Å². The Morgan fingerprint density at radius 2 is 1.86 bits per heavy atom. The van der Waals surface area contributed by atoms with E-state index in [1.54, 1.807) is 25.3 Å². The Hall–Kier alpha value is -3.25. The lowest BCUT2D eigenvalue weighted by atomic mass is 10.1. The molecule has 3 N–H and O–H groups in total. The van der Waals surface area contributed by atoms with Gasteiger partial charge in [0.1, 0.15) is 5.75 Å². The molecule has 0 spiro atoms. The van der Waals surface area contributed by atoms with E-state index in [1.165, 1.54) is 6.07 Å². The Labute approximate surface area is 167 Å². The summed E-state index contributed by atoms with van der Waals surface area (Å²) in [5.74, 6) is -0.534. The number of hydrogen-bond acceptors (Lipinski definition) is 5. The number of carboxylic acid groups (broad SMARTS) is 1. The third kappa shape index (κ3) is 3.46. The van der Waals surface area contributed by atoms with E-state index in [4.69, 9.17) is 16.3 Å². The number of hydrogen-bond donors (Lipinski definition) is 3. The van der Waals surface area contributed by atoms with Gasteiger partial charge in [0.2, 0.25) is 6.35 Å². The van der Waals surface area contributed by atoms with Crippen molar-refractivity contribution >= 4 is 28.9 Å². The van der Waals surface area contributed by atoms with Crippen molar-refractivity contribution in [3.63, 3.8) is 0 Å². The molecule has 1 aliphatic rings. The maximum Gasteiger partial charge on any atom is 0.336 e. The predicted molar refractivity (Wildman–Crippen MR) is 109 cm³/mol. The maximum atomic E-state index is 11.3. The number of halogens is 1. The fourth-order valence-electron chi connectivity index (χ4n) is 3.11. The number of nitrogens with zero attached hydrogens (tertiary/aromatic N) is 1. The molecule has 3 aromatic rings. The Kier molecular flexibility index (Phi) is 4.57. The number of aromatic nitrogens is 1. The average Bonchev–Trinajstić information content (AvgIpc) is 3.03. The van der Waals surface area contributed by atoms with Crippen LogP contribution in [0.5, 0.6) is 5.75 Å². The van der Waals surface area contributed by atoms with Crippen LogP contribution in [0.25, 0.3) is 11.3 Å². The first-order valence-electron chi connectivity index (χ1n) is 8.71. The smallest absolute Gasteiger partial charge is 0.336 e. The average molecular weight is 396 g/mol. The van der Waals surface area contributed by atoms with Crippen LogP contribution in [-0.2, 0) is 0 Å². The summed E-state index contributed by atoms with van der Waals surface area (Å²) in [6.07, 6.45) is 1.21. The Bertz CT molecular complexity index is 1080. The zero-order chi connectivity index (χ0) is 19.8. The summed E-state index contributed by atoms with van der Waals surface area (Å²) in [7, 11) is 0. The number of carboxylic acids is 1. The SMILES string of the molecule is Cc1ccnc(-c2cc3c(cc2Cl)NC(Oc2ccc(C)c(C(=O)O)c2)N3)c1. The van der Waals surface area contributed by atoms with E-state index >= 15 is 0 Å². The molecule has 1 unspecified atom stereocenters. The standard InChI is InChI=1S/C21H18ClN3O3/c1-11-5-6-23-17(7-11)15-9-18-19(10-16(15)22)25-21(24-18)28-13-4-3-12(2)14(8-13)20(26)27/h3-10,21,24-25H,1-2H3,(H,26,27). The molecule has 0 aliphatic carbocycles. The van der Waals surface area contributed by atoms with Crippen molar-refractivity contribution in [1.29, 1.82) is 0 Å². The minimum atomic E-state index is -0.986. The van der Waals surface area contributed by atoms with Crippen LogP contribution in [0, 0.1) is 13.8 Å². The molecule has 0 saturated carbocycles. The molecule has 0 bridgehead atoms. The van der Waals surface area contributed by atoms with Gasteiger partial charge in [-0.05, 0) is 61.4 Å². The highest BCUT2D eigenvalue weighted by Gasteiger charge is 2.23. The third-order valence-corrected chi connectivity index (χ3v) is 4.88. The lowest BCUT2D eigenvalue weighted by Crippen LogP contribution is -2.29. The first-order chi connectivity index (χ1) is 13.4. The fourth-order valence-corrected chi connectivity index (χ4v) is 3.37. The lowest BCUT2D eigenvalue weighted by molar-refractivity contribution is 0.0695. The van der Waals surface area contributed by atoms with Gasteiger partial charge in [-0.2, -0.15) is 0 Å². The monoisotopic (exact) mass is 395 g/mol. The second kappa shape index (κ2) is 7.05. The lowest BCUT2D eigenvalue weighted by Gasteiger charge is -2.15. The van der Waals surface area contributed by atoms with Gasteiger partial charge in [-0.1, -0.05) is 17.7 Å². The molecule has 7 heteroatoms. The van der Waals surface area contributed by atoms with Gasteiger partial charge in [0.05, 0.1) is 27.7 Å². The molecule has 1 aliphatic heterocycles. The highest BCUT2D eigenvalue weighted by atomic mass is 35.5. The number of carbonyl (C=O) groups is 1. The number of rotatable bonds is 4. The maximum absolute atomic E-state index is 11.3. The van der Waals surface area contributed by atoms with Crippen LogP contribution < -0.4 is 15.4 Å². The minimum absolute atomic E-state index is 0.212. The van der Waals surface area contributed by atoms with Crippen molar-refractivity contribution in [1.82, 2.24) is 4.98 Å². The number of pyridine rings is 1. The number of aromatic carboxylic acids is 1. The van der Waals surface area contributed by atoms with Gasteiger partial charge in [0.15, 0.2) is 0 Å². The number of benzene rings is 2. The zero-order valence-corrected chi connectivity index (χ0v) is 16.0. The van der Waals surface area contributed by atoms with Gasteiger partial charge in [-0.15, -0.1) is 0 Å². The van der Waals surface area contributed by atoms with Gasteiger partial charge >= 0.3 is 5.97 Å². The van der Waals surface area contributed by atoms with Crippen molar-refractivity contribution in [3.8, 4) is 17.0 Å². The van der Waals surface area contributed by atoms with Crippen molar-refractivity contribution in [2.24, 2.45) is 0 Å². The van der Waals surface area contributed by atoms with Crippen LogP contribution in [0.15, 0.2) is 48.7 Å². The summed E-state index contributed by atoms with van der Waals surface area (Å²) < 4.78 is 5.86. The molecule has 2 aromatic carbocycles. The largest absolute Gasteiger partial charge is 0.478 e. The highest BCUT2D eigenvalue weighted by Crippen LogP contribution is 2.38. The predicted octanol–water partition coefficient (Wildman–Crippen LogP) is 4.92. The van der Waals surface area contributed by atoms with Crippen LogP contribution in [-0.4, -0.2) is 22.4 Å². The van der Waals surface area contributed by atoms with Crippen molar-refractivity contribution < 1.29 is 14.6 Å². The van der Waals surface area contributed by atoms with E-state index < -0.39 is 12.3 Å². The molecule has 28 heavy (non-hydrogen) atoms. The molecular weight excluding hydrogens is 378 g/mol. The number of nitrogens with one attached hydrogen (secondary N) is 2. The second-order valence-corrected chi connectivity index (χ2v) is 7.07. The summed E-state index contributed by atoms with van der Waals surface area (Å²) >= 11 is 6.46. The number of anilines is 2. The van der Waals surface area contributed by atoms with Crippen LogP contribution in [0.1, 0.15) is 21.5 Å². The van der Waals surface area contributed by atoms with Crippen LogP contribution in [0.2, 0.25) is 5.02 Å². The molecule has 1 aromatic heterocycles. The van der Waals surface area contributed by atoms with Gasteiger partial charge in [-0.3, -0.25) is 4.98 Å². The Morgan fingerprint density at radius 3 is 2.57 bits per heavy atom. The fraction of sp³-hybridized carbons (Fsp3) is 0.143. The summed E-state index contributed by atoms with van der Waals surface area (Å²) in [5, 5.41) is 16.3. The number of aryl methyl sites for hydroxylation is 2. The molecule has 4 rings (SSSR count). The zero-order valence-electron chi connectivity index (χ0n) is 15.3. The quantitative estimate of drug-likeness (QED) is 0.581. The summed E-state index contributed by atoms with van der Waals surface area (Å²) in [6.45, 7) is 3.75. The first-order valence-corrected chi connectivity index (χ1v) is 9.09. The van der Waals surface area contributed by atoms with Gasteiger partial charge in [-0.25, -0.2) is 4.79 Å².